The van der Waals surface area contributed by atoms with Gasteiger partial charge in [-0.15, -0.1) is 0 Å². The largest absolute Gasteiger partial charge is 0.0555 e. The Labute approximate surface area is 411 Å². The smallest absolute Gasteiger partial charge is 0.00195 e. The molecule has 0 aromatic heterocycles. The average Bonchev–Trinajstić information content (AvgIpc) is 3.82. The molecule has 13 rings (SSSR count). The number of fused-ring (bicyclic) bond motifs is 11. The molecule has 0 heteroatoms. The normalized spacial score (nSPS) is 12.3. The lowest BCUT2D eigenvalue weighted by molar-refractivity contribution is 1.30. The number of rotatable bonds is 4. The lowest BCUT2D eigenvalue weighted by Gasteiger charge is -2.16. The predicted octanol–water partition coefficient (Wildman–Crippen LogP) is 20.2. The van der Waals surface area contributed by atoms with E-state index in [1.165, 1.54) is 197 Å². The summed E-state index contributed by atoms with van der Waals surface area (Å²) in [6.07, 6.45) is 0. The SMILES string of the molecule is Cc1cc(C)c(-c2ccc3c(c2)c2cc(-c4cc(C)c(C)cc4C)cc4c5ccc6c(cc7c8ccc(-c9cc(C)c(C)cc9C)cc8c8cc(-c9cc(C)c(C)cc9C)cc6c87)c5cc3c42)cc1C. The van der Waals surface area contributed by atoms with Gasteiger partial charge in [0.15, 0.2) is 0 Å². The van der Waals surface area contributed by atoms with E-state index >= 15 is 0 Å². The first-order chi connectivity index (χ1) is 33.6. The summed E-state index contributed by atoms with van der Waals surface area (Å²) in [6, 6.07) is 53.6. The highest BCUT2D eigenvalue weighted by Crippen LogP contribution is 2.50. The van der Waals surface area contributed by atoms with Crippen molar-refractivity contribution in [2.75, 3.05) is 0 Å². The monoisotopic (exact) mass is 898 g/mol. The van der Waals surface area contributed by atoms with Crippen LogP contribution in [0.25, 0.3) is 131 Å². The lowest BCUT2D eigenvalue weighted by atomic mass is 9.88. The molecule has 0 aliphatic rings. The number of aryl methyl sites for hydroxylation is 12. The first-order valence-corrected chi connectivity index (χ1v) is 25.2. The van der Waals surface area contributed by atoms with Crippen molar-refractivity contribution in [3.8, 4) is 44.5 Å². The summed E-state index contributed by atoms with van der Waals surface area (Å²) >= 11 is 0. The molecule has 0 spiro atoms. The molecule has 0 saturated carbocycles. The molecule has 0 saturated heterocycles. The second-order valence-corrected chi connectivity index (χ2v) is 21.5. The Hall–Kier alpha value is -7.54. The molecule has 0 aliphatic heterocycles. The van der Waals surface area contributed by atoms with E-state index in [0.717, 1.165) is 0 Å². The summed E-state index contributed by atoms with van der Waals surface area (Å²) in [7, 11) is 0. The summed E-state index contributed by atoms with van der Waals surface area (Å²) in [5.41, 5.74) is 26.3. The van der Waals surface area contributed by atoms with Gasteiger partial charge in [-0.05, 0) is 329 Å². The van der Waals surface area contributed by atoms with Gasteiger partial charge in [-0.3, -0.25) is 0 Å². The van der Waals surface area contributed by atoms with Crippen LogP contribution in [0, 0.1) is 83.1 Å². The second-order valence-electron chi connectivity index (χ2n) is 21.5. The zero-order valence-electron chi connectivity index (χ0n) is 42.7. The molecule has 0 fully saturated rings. The van der Waals surface area contributed by atoms with Gasteiger partial charge in [-0.1, -0.05) is 84.9 Å². The van der Waals surface area contributed by atoms with Crippen LogP contribution in [0.1, 0.15) is 66.8 Å². The predicted molar refractivity (Wildman–Crippen MR) is 307 cm³/mol. The van der Waals surface area contributed by atoms with Crippen molar-refractivity contribution >= 4 is 86.2 Å². The van der Waals surface area contributed by atoms with Gasteiger partial charge in [-0.2, -0.15) is 0 Å². The topological polar surface area (TPSA) is 0 Å². The molecule has 0 aliphatic carbocycles. The fourth-order valence-corrected chi connectivity index (χ4v) is 12.7. The van der Waals surface area contributed by atoms with Crippen LogP contribution in [0.3, 0.4) is 0 Å². The minimum absolute atomic E-state index is 1.28. The summed E-state index contributed by atoms with van der Waals surface area (Å²) in [5.74, 6) is 0. The maximum atomic E-state index is 2.55. The van der Waals surface area contributed by atoms with Crippen molar-refractivity contribution in [3.63, 3.8) is 0 Å². The number of hydrogen-bond donors (Lipinski definition) is 0. The number of hydrogen-bond acceptors (Lipinski definition) is 0. The summed E-state index contributed by atoms with van der Waals surface area (Å²) in [5, 5.41) is 21.2. The van der Waals surface area contributed by atoms with Crippen molar-refractivity contribution in [3.05, 3.63) is 200 Å². The van der Waals surface area contributed by atoms with Crippen molar-refractivity contribution in [1.29, 1.82) is 0 Å². The molecule has 0 radical (unpaired) electrons. The maximum Gasteiger partial charge on any atom is -0.00195 e. The highest BCUT2D eigenvalue weighted by molar-refractivity contribution is 6.41. The van der Waals surface area contributed by atoms with Gasteiger partial charge in [0.1, 0.15) is 0 Å². The van der Waals surface area contributed by atoms with Crippen LogP contribution in [0.2, 0.25) is 0 Å². The highest BCUT2D eigenvalue weighted by Gasteiger charge is 2.23. The molecular weight excluding hydrogens is 841 g/mol. The summed E-state index contributed by atoms with van der Waals surface area (Å²) < 4.78 is 0. The quantitative estimate of drug-likeness (QED) is 0.154. The minimum Gasteiger partial charge on any atom is -0.0555 e. The summed E-state index contributed by atoms with van der Waals surface area (Å²) in [4.78, 5) is 0. The first kappa shape index (κ1) is 42.6. The molecule has 0 atom stereocenters. The zero-order chi connectivity index (χ0) is 48.3. The third-order valence-corrected chi connectivity index (χ3v) is 17.1. The Kier molecular flexibility index (Phi) is 9.11. The van der Waals surface area contributed by atoms with E-state index in [-0.39, 0.29) is 0 Å². The van der Waals surface area contributed by atoms with Gasteiger partial charge >= 0.3 is 0 Å². The van der Waals surface area contributed by atoms with Crippen molar-refractivity contribution < 1.29 is 0 Å². The Morgan fingerprint density at radius 3 is 0.686 bits per heavy atom. The molecule has 0 unspecified atom stereocenters. The molecule has 0 nitrogen and oxygen atoms in total. The van der Waals surface area contributed by atoms with E-state index in [4.69, 9.17) is 0 Å². The van der Waals surface area contributed by atoms with Gasteiger partial charge in [0.05, 0.1) is 0 Å². The van der Waals surface area contributed by atoms with Gasteiger partial charge in [0.2, 0.25) is 0 Å². The molecule has 0 bridgehead atoms. The molecule has 338 valence electrons. The fourth-order valence-electron chi connectivity index (χ4n) is 12.7. The van der Waals surface area contributed by atoms with Gasteiger partial charge < -0.3 is 0 Å². The Bertz CT molecular complexity index is 4170. The molecule has 0 N–H and O–H groups in total. The van der Waals surface area contributed by atoms with Crippen molar-refractivity contribution in [1.82, 2.24) is 0 Å². The average molecular weight is 899 g/mol. The van der Waals surface area contributed by atoms with Crippen LogP contribution in [0.5, 0.6) is 0 Å². The number of benzene rings is 11. The van der Waals surface area contributed by atoms with E-state index < -0.39 is 0 Å². The second kappa shape index (κ2) is 15.0. The van der Waals surface area contributed by atoms with Crippen molar-refractivity contribution in [2.24, 2.45) is 0 Å². The van der Waals surface area contributed by atoms with Gasteiger partial charge in [0, 0.05) is 0 Å². The van der Waals surface area contributed by atoms with Crippen molar-refractivity contribution in [2.45, 2.75) is 83.1 Å². The third kappa shape index (κ3) is 6.08. The van der Waals surface area contributed by atoms with E-state index in [0.29, 0.717) is 0 Å². The van der Waals surface area contributed by atoms with E-state index in [9.17, 15) is 0 Å². The van der Waals surface area contributed by atoms with E-state index in [1.807, 2.05) is 0 Å². The Morgan fingerprint density at radius 1 is 0.157 bits per heavy atom. The molecule has 0 amide bonds. The maximum absolute atomic E-state index is 2.55. The zero-order valence-corrected chi connectivity index (χ0v) is 42.7. The van der Waals surface area contributed by atoms with Gasteiger partial charge in [-0.25, -0.2) is 0 Å². The molecule has 70 heavy (non-hydrogen) atoms. The molecule has 0 heterocycles. The fraction of sp³-hybridized carbons (Fsp3) is 0.171. The Morgan fingerprint density at radius 2 is 0.371 bits per heavy atom. The van der Waals surface area contributed by atoms with E-state index in [2.05, 4.69) is 217 Å². The first-order valence-electron chi connectivity index (χ1n) is 25.2. The van der Waals surface area contributed by atoms with Crippen LogP contribution in [-0.2, 0) is 0 Å². The van der Waals surface area contributed by atoms with E-state index in [1.54, 1.807) is 0 Å². The summed E-state index contributed by atoms with van der Waals surface area (Å²) in [6.45, 7) is 27.0. The molecule has 13 aromatic carbocycles. The highest BCUT2D eigenvalue weighted by atomic mass is 14.3. The van der Waals surface area contributed by atoms with Crippen LogP contribution in [0.4, 0.5) is 0 Å². The van der Waals surface area contributed by atoms with Gasteiger partial charge in [0.25, 0.3) is 0 Å². The standard InChI is InChI=1S/C70H58/c1-35-19-43(9)55(23-39(35)5)47-13-15-51-59(27-47)65-31-49(57-25-41(7)37(3)21-45(57)11)29-63-53-17-18-54-62(61(53)33-67(51)69(63)65)34-68-52-16-14-48(56-24-40(6)36(2)20-44(56)10)28-60(52)66-32-50(30-64(54)70(66)68)58-26-42(8)38(4)22-46(58)12/h13-34H,1-12H3. The van der Waals surface area contributed by atoms with Crippen LogP contribution in [0.15, 0.2) is 133 Å². The molecular formula is C70H58. The Balaban J connectivity index is 1.17. The van der Waals surface area contributed by atoms with Crippen LogP contribution >= 0.6 is 0 Å². The van der Waals surface area contributed by atoms with Crippen LogP contribution < -0.4 is 0 Å². The lowest BCUT2D eigenvalue weighted by Crippen LogP contribution is -1.90. The third-order valence-electron chi connectivity index (χ3n) is 17.1. The minimum atomic E-state index is 1.28. The van der Waals surface area contributed by atoms with Crippen LogP contribution in [-0.4, -0.2) is 0 Å². The molecule has 13 aromatic rings.